The molecular weight excluding hydrogens is 202 g/mol. The van der Waals surface area contributed by atoms with Crippen LogP contribution in [0.2, 0.25) is 0 Å². The van der Waals surface area contributed by atoms with Gasteiger partial charge in [-0.15, -0.1) is 0 Å². The quantitative estimate of drug-likeness (QED) is 0.775. The van der Waals surface area contributed by atoms with E-state index >= 15 is 0 Å². The number of aromatic nitrogens is 4. The molecule has 0 bridgehead atoms. The Bertz CT molecular complexity index is 512. The van der Waals surface area contributed by atoms with Gasteiger partial charge in [0, 0.05) is 0 Å². The number of hydrogen-bond acceptors (Lipinski definition) is 3. The van der Waals surface area contributed by atoms with Crippen molar-refractivity contribution in [1.29, 1.82) is 0 Å². The van der Waals surface area contributed by atoms with Crippen molar-refractivity contribution < 1.29 is 0 Å². The monoisotopic (exact) mass is 221 g/mol. The maximum Gasteiger partial charge on any atom is 0.182 e. The fourth-order valence-corrected chi connectivity index (χ4v) is 1.83. The molecule has 0 atom stereocenters. The zero-order valence-electron chi connectivity index (χ0n) is 10.5. The van der Waals surface area contributed by atoms with Gasteiger partial charge in [0.2, 0.25) is 0 Å². The van der Waals surface area contributed by atoms with E-state index in [0.717, 1.165) is 16.7 Å². The Hall–Kier alpha value is -1.52. The second kappa shape index (κ2) is 3.23. The summed E-state index contributed by atoms with van der Waals surface area (Å²) in [6.45, 7) is 10.5. The topological polar surface area (TPSA) is 72.5 Å². The second-order valence-corrected chi connectivity index (χ2v) is 5.46. The average Bonchev–Trinajstić information content (AvgIpc) is 2.65. The summed E-state index contributed by atoms with van der Waals surface area (Å²) in [6.07, 6.45) is 0. The number of aromatic amines is 1. The Morgan fingerprint density at radius 3 is 2.44 bits per heavy atom. The van der Waals surface area contributed by atoms with Crippen LogP contribution in [-0.2, 0) is 5.54 Å². The molecule has 0 saturated heterocycles. The van der Waals surface area contributed by atoms with Crippen molar-refractivity contribution in [2.75, 3.05) is 5.73 Å². The number of fused-ring (bicyclic) bond motifs is 1. The van der Waals surface area contributed by atoms with E-state index in [1.807, 2.05) is 4.68 Å². The molecule has 16 heavy (non-hydrogen) atoms. The molecule has 2 heterocycles. The number of nitrogens with zero attached hydrogens (tertiary/aromatic N) is 3. The first-order valence-corrected chi connectivity index (χ1v) is 5.55. The van der Waals surface area contributed by atoms with Gasteiger partial charge in [0.05, 0.1) is 16.6 Å². The van der Waals surface area contributed by atoms with Gasteiger partial charge < -0.3 is 5.73 Å². The number of rotatable bonds is 1. The Morgan fingerprint density at radius 2 is 1.94 bits per heavy atom. The summed E-state index contributed by atoms with van der Waals surface area (Å²) >= 11 is 0. The van der Waals surface area contributed by atoms with E-state index in [2.05, 4.69) is 49.9 Å². The van der Waals surface area contributed by atoms with Gasteiger partial charge >= 0.3 is 0 Å². The predicted molar refractivity (Wildman–Crippen MR) is 65.4 cm³/mol. The van der Waals surface area contributed by atoms with Crippen LogP contribution in [0.5, 0.6) is 0 Å². The summed E-state index contributed by atoms with van der Waals surface area (Å²) < 4.78 is 1.94. The van der Waals surface area contributed by atoms with Crippen molar-refractivity contribution in [2.45, 2.75) is 46.1 Å². The first kappa shape index (κ1) is 11.0. The largest absolute Gasteiger partial charge is 0.383 e. The summed E-state index contributed by atoms with van der Waals surface area (Å²) in [5, 5.41) is 12.7. The van der Waals surface area contributed by atoms with Crippen LogP contribution < -0.4 is 5.73 Å². The lowest BCUT2D eigenvalue weighted by Gasteiger charge is -2.19. The molecule has 3 N–H and O–H groups in total. The molecule has 0 amide bonds. The maximum atomic E-state index is 5.90. The van der Waals surface area contributed by atoms with Crippen LogP contribution in [0.3, 0.4) is 0 Å². The molecule has 0 aliphatic carbocycles. The average molecular weight is 221 g/mol. The minimum Gasteiger partial charge on any atom is -0.383 e. The lowest BCUT2D eigenvalue weighted by Crippen LogP contribution is -2.23. The molecule has 0 aromatic carbocycles. The molecule has 5 nitrogen and oxygen atoms in total. The standard InChI is InChI=1S/C11H19N5/c1-6(2)8-7-9(12)13-14-10(7)16(15-8)11(3,4)5/h6H,1-5H3,(H3,12,13,14). The lowest BCUT2D eigenvalue weighted by atomic mass is 10.1. The number of anilines is 1. The highest BCUT2D eigenvalue weighted by molar-refractivity contribution is 5.89. The van der Waals surface area contributed by atoms with Crippen LogP contribution in [0.15, 0.2) is 0 Å². The minimum absolute atomic E-state index is 0.0903. The van der Waals surface area contributed by atoms with Gasteiger partial charge in [0.15, 0.2) is 5.65 Å². The Labute approximate surface area is 95.0 Å². The number of nitrogen functional groups attached to an aromatic ring is 1. The molecule has 2 aromatic heterocycles. The van der Waals surface area contributed by atoms with Crippen molar-refractivity contribution >= 4 is 16.9 Å². The smallest absolute Gasteiger partial charge is 0.182 e. The molecule has 2 aromatic rings. The van der Waals surface area contributed by atoms with Crippen molar-refractivity contribution in [2.24, 2.45) is 0 Å². The molecule has 0 unspecified atom stereocenters. The molecule has 2 rings (SSSR count). The van der Waals surface area contributed by atoms with E-state index in [9.17, 15) is 0 Å². The lowest BCUT2D eigenvalue weighted by molar-refractivity contribution is 0.361. The third kappa shape index (κ3) is 1.47. The van der Waals surface area contributed by atoms with E-state index in [0.29, 0.717) is 11.7 Å². The van der Waals surface area contributed by atoms with Gasteiger partial charge in [0.25, 0.3) is 0 Å². The third-order valence-corrected chi connectivity index (χ3v) is 2.62. The van der Waals surface area contributed by atoms with Gasteiger partial charge in [-0.1, -0.05) is 13.8 Å². The van der Waals surface area contributed by atoms with E-state index in [4.69, 9.17) is 5.73 Å². The number of nitrogens with two attached hydrogens (primary N) is 1. The molecule has 0 radical (unpaired) electrons. The summed E-state index contributed by atoms with van der Waals surface area (Å²) in [7, 11) is 0. The fourth-order valence-electron chi connectivity index (χ4n) is 1.83. The SMILES string of the molecule is CC(C)c1nn(C(C)(C)C)c2n[nH]c(N)c12. The van der Waals surface area contributed by atoms with E-state index in [1.54, 1.807) is 0 Å². The molecule has 0 fully saturated rings. The summed E-state index contributed by atoms with van der Waals surface area (Å²) in [5.41, 5.74) is 7.66. The summed E-state index contributed by atoms with van der Waals surface area (Å²) in [4.78, 5) is 0. The molecule has 88 valence electrons. The van der Waals surface area contributed by atoms with Crippen LogP contribution in [0, 0.1) is 0 Å². The first-order chi connectivity index (χ1) is 7.32. The van der Waals surface area contributed by atoms with Gasteiger partial charge in [-0.05, 0) is 26.7 Å². The zero-order chi connectivity index (χ0) is 12.1. The Kier molecular flexibility index (Phi) is 2.22. The highest BCUT2D eigenvalue weighted by atomic mass is 15.4. The number of H-pyrrole nitrogens is 1. The maximum absolute atomic E-state index is 5.90. The minimum atomic E-state index is -0.0903. The fraction of sp³-hybridized carbons (Fsp3) is 0.636. The number of hydrogen-bond donors (Lipinski definition) is 2. The van der Waals surface area contributed by atoms with Crippen LogP contribution >= 0.6 is 0 Å². The third-order valence-electron chi connectivity index (χ3n) is 2.62. The van der Waals surface area contributed by atoms with Gasteiger partial charge in [-0.2, -0.15) is 10.2 Å². The van der Waals surface area contributed by atoms with Crippen LogP contribution in [-0.4, -0.2) is 20.0 Å². The van der Waals surface area contributed by atoms with Gasteiger partial charge in [-0.3, -0.25) is 5.10 Å². The Morgan fingerprint density at radius 1 is 1.31 bits per heavy atom. The Balaban J connectivity index is 2.79. The van der Waals surface area contributed by atoms with Gasteiger partial charge in [0.1, 0.15) is 5.82 Å². The van der Waals surface area contributed by atoms with Crippen molar-refractivity contribution in [3.8, 4) is 0 Å². The van der Waals surface area contributed by atoms with E-state index in [1.165, 1.54) is 0 Å². The molecule has 0 spiro atoms. The summed E-state index contributed by atoms with van der Waals surface area (Å²) in [5.74, 6) is 0.945. The predicted octanol–water partition coefficient (Wildman–Crippen LogP) is 2.22. The van der Waals surface area contributed by atoms with E-state index < -0.39 is 0 Å². The molecule has 0 saturated carbocycles. The van der Waals surface area contributed by atoms with Crippen molar-refractivity contribution in [3.05, 3.63) is 5.69 Å². The van der Waals surface area contributed by atoms with E-state index in [-0.39, 0.29) is 5.54 Å². The van der Waals surface area contributed by atoms with Crippen LogP contribution in [0.1, 0.15) is 46.2 Å². The highest BCUT2D eigenvalue weighted by Gasteiger charge is 2.24. The number of nitrogens with one attached hydrogen (secondary N) is 1. The van der Waals surface area contributed by atoms with Crippen LogP contribution in [0.25, 0.3) is 11.0 Å². The summed E-state index contributed by atoms with van der Waals surface area (Å²) in [6, 6.07) is 0. The zero-order valence-corrected chi connectivity index (χ0v) is 10.5. The molecule has 5 heteroatoms. The molecule has 0 aliphatic rings. The van der Waals surface area contributed by atoms with Crippen molar-refractivity contribution in [1.82, 2.24) is 20.0 Å². The highest BCUT2D eigenvalue weighted by Crippen LogP contribution is 2.30. The van der Waals surface area contributed by atoms with Crippen LogP contribution in [0.4, 0.5) is 5.82 Å². The molecule has 0 aliphatic heterocycles. The van der Waals surface area contributed by atoms with Gasteiger partial charge in [-0.25, -0.2) is 4.68 Å². The normalized spacial score (nSPS) is 12.9. The van der Waals surface area contributed by atoms with Crippen molar-refractivity contribution in [3.63, 3.8) is 0 Å². The first-order valence-electron chi connectivity index (χ1n) is 5.55. The second-order valence-electron chi connectivity index (χ2n) is 5.46. The molecular formula is C11H19N5.